The van der Waals surface area contributed by atoms with Gasteiger partial charge in [0.2, 0.25) is 0 Å². The molecule has 5 rings (SSSR count). The Hall–Kier alpha value is -0.350. The number of halogens is 1. The Bertz CT molecular complexity index is 511. The molecule has 19 heavy (non-hydrogen) atoms. The minimum atomic E-state index is 0.211. The van der Waals surface area contributed by atoms with Crippen molar-refractivity contribution in [2.24, 2.45) is 16.7 Å². The van der Waals surface area contributed by atoms with Crippen molar-refractivity contribution in [3.05, 3.63) is 5.15 Å². The van der Waals surface area contributed by atoms with Gasteiger partial charge in [0.1, 0.15) is 0 Å². The molecule has 5 heteroatoms. The first-order valence-corrected chi connectivity index (χ1v) is 8.27. The Morgan fingerprint density at radius 2 is 1.79 bits per heavy atom. The highest BCUT2D eigenvalue weighted by molar-refractivity contribution is 6.99. The number of nitrogens with zero attached hydrogens (tertiary/aromatic N) is 2. The van der Waals surface area contributed by atoms with Crippen molar-refractivity contribution >= 4 is 29.1 Å². The van der Waals surface area contributed by atoms with Crippen LogP contribution in [0.2, 0.25) is 5.15 Å². The van der Waals surface area contributed by atoms with Crippen LogP contribution in [0.4, 0.5) is 5.82 Å². The molecule has 0 radical (unpaired) electrons. The fourth-order valence-electron chi connectivity index (χ4n) is 6.09. The minimum absolute atomic E-state index is 0.211. The van der Waals surface area contributed by atoms with Crippen LogP contribution in [-0.2, 0) is 0 Å². The van der Waals surface area contributed by atoms with Gasteiger partial charge >= 0.3 is 0 Å². The number of anilines is 1. The van der Waals surface area contributed by atoms with Gasteiger partial charge in [-0.2, -0.15) is 8.75 Å². The molecule has 4 fully saturated rings. The molecular formula is C14H20ClN3S. The zero-order valence-electron chi connectivity index (χ0n) is 11.5. The highest BCUT2D eigenvalue weighted by atomic mass is 35.5. The summed E-state index contributed by atoms with van der Waals surface area (Å²) in [6.07, 6.45) is 8.03. The van der Waals surface area contributed by atoms with Crippen LogP contribution in [0.5, 0.6) is 0 Å². The molecule has 3 nitrogen and oxygen atoms in total. The lowest BCUT2D eigenvalue weighted by molar-refractivity contribution is -0.0973. The number of hydrogen-bond acceptors (Lipinski definition) is 4. The van der Waals surface area contributed by atoms with E-state index in [1.165, 1.54) is 50.3 Å². The minimum Gasteiger partial charge on any atom is -0.361 e. The summed E-state index contributed by atoms with van der Waals surface area (Å²) < 4.78 is 8.41. The lowest BCUT2D eigenvalue weighted by Gasteiger charge is -2.65. The normalized spacial score (nSPS) is 47.6. The largest absolute Gasteiger partial charge is 0.361 e. The van der Waals surface area contributed by atoms with E-state index >= 15 is 0 Å². The summed E-state index contributed by atoms with van der Waals surface area (Å²) in [5.41, 5.74) is 1.23. The number of hydrogen-bond donors (Lipinski definition) is 1. The Balaban J connectivity index is 1.69. The Morgan fingerprint density at radius 1 is 1.11 bits per heavy atom. The first kappa shape index (κ1) is 12.4. The molecule has 2 atom stereocenters. The van der Waals surface area contributed by atoms with Crippen LogP contribution < -0.4 is 5.32 Å². The van der Waals surface area contributed by atoms with E-state index in [9.17, 15) is 0 Å². The van der Waals surface area contributed by atoms with Crippen molar-refractivity contribution < 1.29 is 0 Å². The van der Waals surface area contributed by atoms with E-state index < -0.39 is 0 Å². The van der Waals surface area contributed by atoms with Crippen molar-refractivity contribution in [2.75, 3.05) is 5.32 Å². The van der Waals surface area contributed by atoms with Crippen molar-refractivity contribution in [1.29, 1.82) is 0 Å². The van der Waals surface area contributed by atoms with Crippen molar-refractivity contribution in [1.82, 2.24) is 8.75 Å². The van der Waals surface area contributed by atoms with Gasteiger partial charge in [-0.05, 0) is 55.3 Å². The van der Waals surface area contributed by atoms with Gasteiger partial charge in [0.25, 0.3) is 0 Å². The average molecular weight is 298 g/mol. The van der Waals surface area contributed by atoms with Crippen LogP contribution >= 0.6 is 23.3 Å². The number of nitrogens with one attached hydrogen (secondary N) is 1. The van der Waals surface area contributed by atoms with Crippen LogP contribution in [0.25, 0.3) is 0 Å². The maximum absolute atomic E-state index is 6.12. The van der Waals surface area contributed by atoms with E-state index in [4.69, 9.17) is 11.6 Å². The fourth-order valence-corrected chi connectivity index (χ4v) is 6.74. The van der Waals surface area contributed by atoms with Crippen LogP contribution in [-0.4, -0.2) is 14.3 Å². The Kier molecular flexibility index (Phi) is 2.38. The maximum atomic E-state index is 6.12. The SMILES string of the molecule is CC12CC3CC(C)(C1)CC(Nc1nsnc1Cl)(C3)C2. The molecular weight excluding hydrogens is 278 g/mol. The molecule has 0 saturated heterocycles. The van der Waals surface area contributed by atoms with E-state index in [1.54, 1.807) is 0 Å². The van der Waals surface area contributed by atoms with E-state index in [-0.39, 0.29) is 5.54 Å². The average Bonchev–Trinajstić information content (AvgIpc) is 2.57. The predicted octanol–water partition coefficient (Wildman–Crippen LogP) is 4.35. The third-order valence-electron chi connectivity index (χ3n) is 5.46. The third-order valence-corrected chi connectivity index (χ3v) is 6.35. The van der Waals surface area contributed by atoms with Crippen LogP contribution in [0.15, 0.2) is 0 Å². The molecule has 4 aliphatic rings. The second-order valence-corrected chi connectivity index (χ2v) is 8.83. The fraction of sp³-hybridized carbons (Fsp3) is 0.857. The summed E-state index contributed by atoms with van der Waals surface area (Å²) in [7, 11) is 0. The molecule has 0 aliphatic heterocycles. The van der Waals surface area contributed by atoms with E-state index in [2.05, 4.69) is 27.9 Å². The zero-order valence-corrected chi connectivity index (χ0v) is 13.1. The first-order chi connectivity index (χ1) is 8.90. The molecule has 4 bridgehead atoms. The molecule has 2 unspecified atom stereocenters. The van der Waals surface area contributed by atoms with Crippen molar-refractivity contribution in [2.45, 2.75) is 57.9 Å². The second-order valence-electron chi connectivity index (χ2n) is 7.94. The molecule has 0 amide bonds. The molecule has 1 N–H and O–H groups in total. The zero-order chi connectivity index (χ0) is 13.3. The highest BCUT2D eigenvalue weighted by Gasteiger charge is 2.60. The van der Waals surface area contributed by atoms with E-state index in [0.717, 1.165) is 11.7 Å². The summed E-state index contributed by atoms with van der Waals surface area (Å²) in [6, 6.07) is 0. The standard InChI is InChI=1S/C14H20ClN3S/c1-12-3-9-4-13(2,6-12)8-14(5-9,7-12)16-11-10(15)17-19-18-11/h9H,3-8H2,1-2H3,(H,16,18). The molecule has 1 heterocycles. The Morgan fingerprint density at radius 3 is 2.32 bits per heavy atom. The number of rotatable bonds is 2. The van der Waals surface area contributed by atoms with Crippen LogP contribution in [0, 0.1) is 16.7 Å². The lowest BCUT2D eigenvalue weighted by atomic mass is 9.43. The van der Waals surface area contributed by atoms with Gasteiger partial charge in [-0.1, -0.05) is 25.4 Å². The van der Waals surface area contributed by atoms with E-state index in [0.29, 0.717) is 16.0 Å². The predicted molar refractivity (Wildman–Crippen MR) is 78.7 cm³/mol. The molecule has 1 aromatic rings. The maximum Gasteiger partial charge on any atom is 0.186 e. The first-order valence-electron chi connectivity index (χ1n) is 7.16. The van der Waals surface area contributed by atoms with E-state index in [1.807, 2.05) is 0 Å². The molecule has 4 saturated carbocycles. The molecule has 4 aliphatic carbocycles. The summed E-state index contributed by atoms with van der Waals surface area (Å²) in [5, 5.41) is 4.23. The summed E-state index contributed by atoms with van der Waals surface area (Å²) in [5.74, 6) is 1.69. The summed E-state index contributed by atoms with van der Waals surface area (Å²) in [4.78, 5) is 0. The van der Waals surface area contributed by atoms with Gasteiger partial charge in [-0.3, -0.25) is 0 Å². The lowest BCUT2D eigenvalue weighted by Crippen LogP contribution is -2.61. The van der Waals surface area contributed by atoms with Crippen molar-refractivity contribution in [3.63, 3.8) is 0 Å². The molecule has 0 spiro atoms. The monoisotopic (exact) mass is 297 g/mol. The van der Waals surface area contributed by atoms with Gasteiger partial charge in [0.05, 0.1) is 11.7 Å². The van der Waals surface area contributed by atoms with Crippen molar-refractivity contribution in [3.8, 4) is 0 Å². The molecule has 104 valence electrons. The van der Waals surface area contributed by atoms with Gasteiger partial charge < -0.3 is 5.32 Å². The molecule has 0 aromatic carbocycles. The Labute approximate surface area is 123 Å². The quantitative estimate of drug-likeness (QED) is 0.882. The number of aromatic nitrogens is 2. The van der Waals surface area contributed by atoms with Gasteiger partial charge in [-0.25, -0.2) is 0 Å². The van der Waals surface area contributed by atoms with Crippen LogP contribution in [0.1, 0.15) is 52.4 Å². The third kappa shape index (κ3) is 1.90. The van der Waals surface area contributed by atoms with Gasteiger partial charge in [0, 0.05) is 5.54 Å². The smallest absolute Gasteiger partial charge is 0.186 e. The van der Waals surface area contributed by atoms with Gasteiger partial charge in [0.15, 0.2) is 11.0 Å². The summed E-state index contributed by atoms with van der Waals surface area (Å²) >= 11 is 7.32. The second kappa shape index (κ2) is 3.64. The van der Waals surface area contributed by atoms with Gasteiger partial charge in [-0.15, -0.1) is 0 Å². The topological polar surface area (TPSA) is 37.8 Å². The highest BCUT2D eigenvalue weighted by Crippen LogP contribution is 2.66. The van der Waals surface area contributed by atoms with Crippen LogP contribution in [0.3, 0.4) is 0 Å². The molecule has 1 aromatic heterocycles. The summed E-state index contributed by atoms with van der Waals surface area (Å²) in [6.45, 7) is 4.96.